The molecule has 0 radical (unpaired) electrons. The molecule has 2 aromatic rings. The monoisotopic (exact) mass is 527 g/mol. The fourth-order valence-corrected chi connectivity index (χ4v) is 4.28. The van der Waals surface area contributed by atoms with Crippen LogP contribution in [0.5, 0.6) is 0 Å². The van der Waals surface area contributed by atoms with Crippen LogP contribution in [0.25, 0.3) is 0 Å². The molecule has 0 atom stereocenters. The minimum atomic E-state index is 0. The van der Waals surface area contributed by atoms with Crippen molar-refractivity contribution in [2.45, 2.75) is 52.6 Å². The predicted molar refractivity (Wildman–Crippen MR) is 134 cm³/mol. The van der Waals surface area contributed by atoms with Crippen molar-refractivity contribution in [1.82, 2.24) is 20.5 Å². The highest BCUT2D eigenvalue weighted by Gasteiger charge is 2.14. The largest absolute Gasteiger partial charge is 0.357 e. The van der Waals surface area contributed by atoms with Gasteiger partial charge in [0.2, 0.25) is 0 Å². The molecule has 0 amide bonds. The maximum Gasteiger partial charge on any atom is 0.191 e. The Kier molecular flexibility index (Phi) is 10.4. The summed E-state index contributed by atoms with van der Waals surface area (Å²) in [6.45, 7) is 12.2. The summed E-state index contributed by atoms with van der Waals surface area (Å²) in [6, 6.07) is 8.82. The molecule has 0 spiro atoms. The van der Waals surface area contributed by atoms with Gasteiger partial charge in [-0.05, 0) is 36.8 Å². The fraction of sp³-hybridized carbons (Fsp3) is 0.545. The molecular weight excluding hydrogens is 493 g/mol. The van der Waals surface area contributed by atoms with E-state index in [0.29, 0.717) is 12.5 Å². The molecule has 2 N–H and O–H groups in total. The first kappa shape index (κ1) is 24.1. The molecule has 1 aliphatic rings. The third kappa shape index (κ3) is 7.53. The number of aliphatic imine (C=N–C) groups is 1. The number of fused-ring (bicyclic) bond motifs is 1. The van der Waals surface area contributed by atoms with Gasteiger partial charge in [0.1, 0.15) is 5.01 Å². The van der Waals surface area contributed by atoms with Crippen molar-refractivity contribution in [3.8, 4) is 0 Å². The van der Waals surface area contributed by atoms with Gasteiger partial charge in [-0.25, -0.2) is 9.98 Å². The summed E-state index contributed by atoms with van der Waals surface area (Å²) in [6.07, 6.45) is 2.28. The number of benzene rings is 1. The van der Waals surface area contributed by atoms with Gasteiger partial charge < -0.3 is 10.6 Å². The zero-order chi connectivity index (χ0) is 19.8. The maximum absolute atomic E-state index is 4.70. The number of thiazole rings is 1. The molecule has 0 aliphatic carbocycles. The molecule has 160 valence electrons. The number of nitrogens with one attached hydrogen (secondary N) is 2. The SMILES string of the molecule is CCNC(=NCc1nc(C(C)C)cs1)NCCCN1CCc2ccccc2C1.I. The van der Waals surface area contributed by atoms with Crippen molar-refractivity contribution in [3.05, 3.63) is 51.5 Å². The third-order valence-corrected chi connectivity index (χ3v) is 5.88. The topological polar surface area (TPSA) is 52.6 Å². The van der Waals surface area contributed by atoms with Crippen molar-refractivity contribution in [3.63, 3.8) is 0 Å². The first-order valence-corrected chi connectivity index (χ1v) is 11.3. The van der Waals surface area contributed by atoms with Crippen LogP contribution in [-0.4, -0.2) is 42.0 Å². The number of hydrogen-bond acceptors (Lipinski definition) is 4. The van der Waals surface area contributed by atoms with E-state index >= 15 is 0 Å². The first-order valence-electron chi connectivity index (χ1n) is 10.4. The molecule has 0 saturated carbocycles. The van der Waals surface area contributed by atoms with E-state index in [1.807, 2.05) is 0 Å². The molecule has 0 saturated heterocycles. The van der Waals surface area contributed by atoms with Gasteiger partial charge >= 0.3 is 0 Å². The summed E-state index contributed by atoms with van der Waals surface area (Å²) >= 11 is 1.70. The van der Waals surface area contributed by atoms with Crippen LogP contribution in [0.2, 0.25) is 0 Å². The Bertz CT molecular complexity index is 774. The van der Waals surface area contributed by atoms with Crippen molar-refractivity contribution in [1.29, 1.82) is 0 Å². The van der Waals surface area contributed by atoms with Crippen LogP contribution in [0.1, 0.15) is 54.9 Å². The molecule has 1 aliphatic heterocycles. The van der Waals surface area contributed by atoms with Gasteiger partial charge in [-0.3, -0.25) is 4.90 Å². The van der Waals surface area contributed by atoms with E-state index in [1.165, 1.54) is 17.5 Å². The Morgan fingerprint density at radius 2 is 2.03 bits per heavy atom. The average Bonchev–Trinajstić information content (AvgIpc) is 3.18. The predicted octanol–water partition coefficient (Wildman–Crippen LogP) is 4.39. The molecule has 29 heavy (non-hydrogen) atoms. The highest BCUT2D eigenvalue weighted by Crippen LogP contribution is 2.19. The Hall–Kier alpha value is -1.19. The molecule has 1 aromatic heterocycles. The van der Waals surface area contributed by atoms with Crippen LogP contribution >= 0.6 is 35.3 Å². The summed E-state index contributed by atoms with van der Waals surface area (Å²) in [5, 5.41) is 10.0. The number of nitrogens with zero attached hydrogens (tertiary/aromatic N) is 3. The van der Waals surface area contributed by atoms with E-state index in [-0.39, 0.29) is 24.0 Å². The lowest BCUT2D eigenvalue weighted by molar-refractivity contribution is 0.251. The number of halogens is 1. The molecule has 0 bridgehead atoms. The van der Waals surface area contributed by atoms with Gasteiger partial charge in [0.15, 0.2) is 5.96 Å². The number of rotatable bonds is 8. The molecule has 3 rings (SSSR count). The summed E-state index contributed by atoms with van der Waals surface area (Å²) in [5.74, 6) is 1.36. The minimum Gasteiger partial charge on any atom is -0.357 e. The van der Waals surface area contributed by atoms with Gasteiger partial charge in [0, 0.05) is 38.1 Å². The highest BCUT2D eigenvalue weighted by atomic mass is 127. The van der Waals surface area contributed by atoms with E-state index in [4.69, 9.17) is 4.99 Å². The van der Waals surface area contributed by atoms with E-state index in [0.717, 1.165) is 55.8 Å². The fourth-order valence-electron chi connectivity index (χ4n) is 3.41. The Morgan fingerprint density at radius 1 is 1.24 bits per heavy atom. The van der Waals surface area contributed by atoms with E-state index in [9.17, 15) is 0 Å². The summed E-state index contributed by atoms with van der Waals surface area (Å²) < 4.78 is 0. The van der Waals surface area contributed by atoms with Gasteiger partial charge in [0.25, 0.3) is 0 Å². The Morgan fingerprint density at radius 3 is 2.76 bits per heavy atom. The van der Waals surface area contributed by atoms with Gasteiger partial charge in [-0.1, -0.05) is 38.1 Å². The van der Waals surface area contributed by atoms with Gasteiger partial charge in [-0.15, -0.1) is 35.3 Å². The van der Waals surface area contributed by atoms with Crippen molar-refractivity contribution in [2.75, 3.05) is 26.2 Å². The lowest BCUT2D eigenvalue weighted by atomic mass is 10.00. The highest BCUT2D eigenvalue weighted by molar-refractivity contribution is 14.0. The zero-order valence-corrected chi connectivity index (χ0v) is 20.9. The van der Waals surface area contributed by atoms with Crippen LogP contribution in [0.4, 0.5) is 0 Å². The summed E-state index contributed by atoms with van der Waals surface area (Å²) in [4.78, 5) is 11.9. The molecule has 2 heterocycles. The quantitative estimate of drug-likeness (QED) is 0.232. The normalized spacial score (nSPS) is 14.4. The second kappa shape index (κ2) is 12.5. The van der Waals surface area contributed by atoms with Gasteiger partial charge in [0.05, 0.1) is 12.2 Å². The molecule has 0 unspecified atom stereocenters. The number of guanidine groups is 1. The van der Waals surface area contributed by atoms with E-state index in [1.54, 1.807) is 11.3 Å². The van der Waals surface area contributed by atoms with Crippen molar-refractivity contribution < 1.29 is 0 Å². The number of aromatic nitrogens is 1. The van der Waals surface area contributed by atoms with Crippen LogP contribution in [0.15, 0.2) is 34.6 Å². The zero-order valence-electron chi connectivity index (χ0n) is 17.8. The third-order valence-electron chi connectivity index (χ3n) is 5.03. The standard InChI is InChI=1S/C22H33N5S.HI/c1-4-23-22(25-14-21-26-20(16-28-21)17(2)3)24-11-7-12-27-13-10-18-8-5-6-9-19(18)15-27;/h5-6,8-9,16-17H,4,7,10-15H2,1-3H3,(H2,23,24,25);1H. The van der Waals surface area contributed by atoms with Crippen LogP contribution in [0, 0.1) is 0 Å². The smallest absolute Gasteiger partial charge is 0.191 e. The van der Waals surface area contributed by atoms with Crippen LogP contribution in [-0.2, 0) is 19.5 Å². The lowest BCUT2D eigenvalue weighted by Crippen LogP contribution is -2.39. The Balaban J connectivity index is 0.00000300. The van der Waals surface area contributed by atoms with Gasteiger partial charge in [-0.2, -0.15) is 0 Å². The minimum absolute atomic E-state index is 0. The number of hydrogen-bond donors (Lipinski definition) is 2. The Labute approximate surface area is 196 Å². The first-order chi connectivity index (χ1) is 13.7. The van der Waals surface area contributed by atoms with E-state index in [2.05, 4.69) is 70.9 Å². The molecule has 5 nitrogen and oxygen atoms in total. The summed E-state index contributed by atoms with van der Waals surface area (Å²) in [7, 11) is 0. The molecule has 1 aromatic carbocycles. The van der Waals surface area contributed by atoms with E-state index < -0.39 is 0 Å². The summed E-state index contributed by atoms with van der Waals surface area (Å²) in [5.41, 5.74) is 4.17. The average molecular weight is 528 g/mol. The maximum atomic E-state index is 4.70. The van der Waals surface area contributed by atoms with Crippen molar-refractivity contribution in [2.24, 2.45) is 4.99 Å². The lowest BCUT2D eigenvalue weighted by Gasteiger charge is -2.28. The molecule has 7 heteroatoms. The molecular formula is C22H34IN5S. The second-order valence-corrected chi connectivity index (χ2v) is 8.53. The van der Waals surface area contributed by atoms with Crippen LogP contribution in [0.3, 0.4) is 0 Å². The molecule has 0 fully saturated rings. The van der Waals surface area contributed by atoms with Crippen molar-refractivity contribution >= 4 is 41.3 Å². The van der Waals surface area contributed by atoms with Crippen LogP contribution < -0.4 is 10.6 Å². The second-order valence-electron chi connectivity index (χ2n) is 7.59.